The lowest BCUT2D eigenvalue weighted by Crippen LogP contribution is -2.40. The highest BCUT2D eigenvalue weighted by atomic mass is 32.1. The molecule has 0 fully saturated rings. The molecule has 2 N–H and O–H groups in total. The Morgan fingerprint density at radius 3 is 2.45 bits per heavy atom. The van der Waals surface area contributed by atoms with Crippen LogP contribution in [-0.4, -0.2) is 51.0 Å². The lowest BCUT2D eigenvalue weighted by Gasteiger charge is -2.27. The maximum absolute atomic E-state index is 12.8. The van der Waals surface area contributed by atoms with Gasteiger partial charge in [-0.2, -0.15) is 0 Å². The standard InChI is InChI=1S/C25H35NO6S/c1-14(11-19-13-33-18(5)26-19)22-10-8-6-7-9-20(27)15(2)24(30)17(4)25(31)16(3)21(28)12-23(29)32-22/h6,8,11,13,15-17,21-22,24,28,30H,7,9-10,12H2,1-5H3/b8-6-,14-11+/t15-,16-,17+,21-,22-,24-/m0/s1. The van der Waals surface area contributed by atoms with Crippen LogP contribution in [0, 0.1) is 24.7 Å². The molecule has 0 saturated heterocycles. The van der Waals surface area contributed by atoms with E-state index in [-0.39, 0.29) is 24.4 Å². The number of ether oxygens (including phenoxy) is 1. The van der Waals surface area contributed by atoms with Crippen molar-refractivity contribution in [1.29, 1.82) is 0 Å². The molecule has 2 rings (SSSR count). The fourth-order valence-corrected chi connectivity index (χ4v) is 4.41. The van der Waals surface area contributed by atoms with Crippen LogP contribution >= 0.6 is 11.3 Å². The van der Waals surface area contributed by atoms with Gasteiger partial charge in [-0.15, -0.1) is 11.3 Å². The monoisotopic (exact) mass is 477 g/mol. The van der Waals surface area contributed by atoms with Gasteiger partial charge in [0, 0.05) is 36.0 Å². The Labute approximate surface area is 199 Å². The molecule has 0 radical (unpaired) electrons. The van der Waals surface area contributed by atoms with Crippen LogP contribution in [0.25, 0.3) is 6.08 Å². The van der Waals surface area contributed by atoms with E-state index in [2.05, 4.69) is 4.98 Å². The SMILES string of the molecule is C/C(=C\c1csc(C)n1)[C@@H]1C/C=C\CCC(=O)[C@H](C)[C@H](O)[C@@H](C)C(=O)[C@@H](C)[C@@H](O)CC(=O)O1. The van der Waals surface area contributed by atoms with Gasteiger partial charge in [0.15, 0.2) is 0 Å². The first-order valence-electron chi connectivity index (χ1n) is 11.4. The maximum Gasteiger partial charge on any atom is 0.309 e. The molecule has 1 aliphatic heterocycles. The number of carbonyl (C=O) groups is 3. The maximum atomic E-state index is 12.8. The second-order valence-electron chi connectivity index (χ2n) is 8.90. The summed E-state index contributed by atoms with van der Waals surface area (Å²) in [5.41, 5.74) is 1.59. The highest BCUT2D eigenvalue weighted by Gasteiger charge is 2.35. The summed E-state index contributed by atoms with van der Waals surface area (Å²) >= 11 is 1.53. The van der Waals surface area contributed by atoms with Gasteiger partial charge in [0.05, 0.1) is 29.3 Å². The summed E-state index contributed by atoms with van der Waals surface area (Å²) in [6, 6.07) is 0. The van der Waals surface area contributed by atoms with Crippen molar-refractivity contribution in [3.05, 3.63) is 33.8 Å². The minimum Gasteiger partial charge on any atom is -0.457 e. The largest absolute Gasteiger partial charge is 0.457 e. The number of allylic oxidation sites excluding steroid dienone is 1. The summed E-state index contributed by atoms with van der Waals surface area (Å²) < 4.78 is 5.66. The molecule has 0 amide bonds. The van der Waals surface area contributed by atoms with E-state index in [4.69, 9.17) is 4.74 Å². The molecule has 2 heterocycles. The number of esters is 1. The van der Waals surface area contributed by atoms with E-state index in [1.54, 1.807) is 13.8 Å². The number of aromatic nitrogens is 1. The number of aryl methyl sites for hydroxylation is 1. The first-order chi connectivity index (χ1) is 15.5. The highest BCUT2D eigenvalue weighted by Crippen LogP contribution is 2.24. The van der Waals surface area contributed by atoms with Crippen molar-refractivity contribution in [2.75, 3.05) is 0 Å². The van der Waals surface area contributed by atoms with Crippen LogP contribution in [0.15, 0.2) is 23.1 Å². The van der Waals surface area contributed by atoms with Crippen molar-refractivity contribution in [3.8, 4) is 0 Å². The Hall–Kier alpha value is -2.16. The predicted octanol–water partition coefficient (Wildman–Crippen LogP) is 3.67. The molecule has 0 saturated carbocycles. The summed E-state index contributed by atoms with van der Waals surface area (Å²) in [5, 5.41) is 23.9. The molecule has 6 atom stereocenters. The number of carbonyl (C=O) groups excluding carboxylic acids is 3. The molecule has 0 bridgehead atoms. The van der Waals surface area contributed by atoms with Crippen LogP contribution in [0.5, 0.6) is 0 Å². The van der Waals surface area contributed by atoms with E-state index in [1.807, 2.05) is 37.5 Å². The van der Waals surface area contributed by atoms with E-state index in [0.29, 0.717) is 12.8 Å². The average molecular weight is 478 g/mol. The number of thiazole rings is 1. The fraction of sp³-hybridized carbons (Fsp3) is 0.600. The first kappa shape index (κ1) is 27.1. The topological polar surface area (TPSA) is 114 Å². The van der Waals surface area contributed by atoms with E-state index >= 15 is 0 Å². The lowest BCUT2D eigenvalue weighted by atomic mass is 9.81. The van der Waals surface area contributed by atoms with Crippen molar-refractivity contribution in [3.63, 3.8) is 0 Å². The molecule has 0 unspecified atom stereocenters. The van der Waals surface area contributed by atoms with Crippen LogP contribution < -0.4 is 0 Å². The normalized spacial score (nSPS) is 32.5. The van der Waals surface area contributed by atoms with Gasteiger partial charge >= 0.3 is 5.97 Å². The van der Waals surface area contributed by atoms with Crippen LogP contribution in [0.1, 0.15) is 64.1 Å². The van der Waals surface area contributed by atoms with Gasteiger partial charge in [0.1, 0.15) is 17.7 Å². The second-order valence-corrected chi connectivity index (χ2v) is 9.96. The van der Waals surface area contributed by atoms with Crippen molar-refractivity contribution in [2.45, 2.75) is 78.6 Å². The third-order valence-corrected chi connectivity index (χ3v) is 7.04. The molecular formula is C25H35NO6S. The number of ketones is 2. The molecule has 0 aromatic carbocycles. The third-order valence-electron chi connectivity index (χ3n) is 6.25. The number of aliphatic hydroxyl groups is 2. The van der Waals surface area contributed by atoms with Crippen molar-refractivity contribution < 1.29 is 29.3 Å². The molecule has 1 aromatic rings. The van der Waals surface area contributed by atoms with E-state index < -0.39 is 42.0 Å². The molecular weight excluding hydrogens is 442 g/mol. The van der Waals surface area contributed by atoms with Crippen LogP contribution in [0.3, 0.4) is 0 Å². The zero-order valence-electron chi connectivity index (χ0n) is 20.0. The van der Waals surface area contributed by atoms with E-state index in [9.17, 15) is 24.6 Å². The second kappa shape index (κ2) is 12.3. The number of cyclic esters (lactones) is 1. The van der Waals surface area contributed by atoms with Gasteiger partial charge in [0.2, 0.25) is 0 Å². The number of aliphatic hydroxyl groups excluding tert-OH is 2. The number of hydrogen-bond donors (Lipinski definition) is 2. The van der Waals surface area contributed by atoms with Crippen LogP contribution in [-0.2, 0) is 19.1 Å². The summed E-state index contributed by atoms with van der Waals surface area (Å²) in [4.78, 5) is 42.3. The Morgan fingerprint density at radius 2 is 1.82 bits per heavy atom. The van der Waals surface area contributed by atoms with Crippen molar-refractivity contribution in [2.24, 2.45) is 17.8 Å². The minimum absolute atomic E-state index is 0.120. The molecule has 182 valence electrons. The number of nitrogens with zero attached hydrogens (tertiary/aromatic N) is 1. The van der Waals surface area contributed by atoms with Crippen LogP contribution in [0.4, 0.5) is 0 Å². The Morgan fingerprint density at radius 1 is 1.12 bits per heavy atom. The summed E-state index contributed by atoms with van der Waals surface area (Å²) in [6.07, 6.45) is 3.44. The smallest absolute Gasteiger partial charge is 0.309 e. The molecule has 0 aliphatic carbocycles. The molecule has 8 heteroatoms. The van der Waals surface area contributed by atoms with Crippen LogP contribution in [0.2, 0.25) is 0 Å². The van der Waals surface area contributed by atoms with Gasteiger partial charge in [-0.05, 0) is 31.9 Å². The Kier molecular flexibility index (Phi) is 10.1. The molecule has 1 aromatic heterocycles. The predicted molar refractivity (Wildman–Crippen MR) is 128 cm³/mol. The molecule has 1 aliphatic rings. The van der Waals surface area contributed by atoms with Crippen molar-refractivity contribution in [1.82, 2.24) is 4.98 Å². The van der Waals surface area contributed by atoms with Gasteiger partial charge in [-0.3, -0.25) is 14.4 Å². The van der Waals surface area contributed by atoms with Gasteiger partial charge < -0.3 is 14.9 Å². The third kappa shape index (κ3) is 7.69. The van der Waals surface area contributed by atoms with Gasteiger partial charge in [-0.1, -0.05) is 32.9 Å². The van der Waals surface area contributed by atoms with E-state index in [1.165, 1.54) is 18.3 Å². The molecule has 0 spiro atoms. The Bertz CT molecular complexity index is 904. The first-order valence-corrected chi connectivity index (χ1v) is 12.3. The van der Waals surface area contributed by atoms with Gasteiger partial charge in [-0.25, -0.2) is 4.98 Å². The van der Waals surface area contributed by atoms with E-state index in [0.717, 1.165) is 16.3 Å². The van der Waals surface area contributed by atoms with Gasteiger partial charge in [0.25, 0.3) is 0 Å². The Balaban J connectivity index is 2.27. The quantitative estimate of drug-likeness (QED) is 0.493. The minimum atomic E-state index is -1.25. The number of hydrogen-bond acceptors (Lipinski definition) is 8. The lowest BCUT2D eigenvalue weighted by molar-refractivity contribution is -0.151. The average Bonchev–Trinajstić information content (AvgIpc) is 3.18. The zero-order valence-corrected chi connectivity index (χ0v) is 20.8. The summed E-state index contributed by atoms with van der Waals surface area (Å²) in [6.45, 7) is 8.46. The fourth-order valence-electron chi connectivity index (χ4n) is 3.84. The number of rotatable bonds is 2. The highest BCUT2D eigenvalue weighted by molar-refractivity contribution is 7.09. The summed E-state index contributed by atoms with van der Waals surface area (Å²) in [7, 11) is 0. The summed E-state index contributed by atoms with van der Waals surface area (Å²) in [5.74, 6) is -3.53. The van der Waals surface area contributed by atoms with Crippen molar-refractivity contribution >= 4 is 34.9 Å². The molecule has 7 nitrogen and oxygen atoms in total. The number of Topliss-reactive ketones (excluding diaryl/α,β-unsaturated/α-hetero) is 2. The zero-order chi connectivity index (χ0) is 24.7. The molecule has 33 heavy (non-hydrogen) atoms.